The van der Waals surface area contributed by atoms with E-state index in [1.54, 1.807) is 12.1 Å². The number of aliphatic hydroxyl groups is 1. The summed E-state index contributed by atoms with van der Waals surface area (Å²) in [4.78, 5) is 0. The van der Waals surface area contributed by atoms with E-state index in [1.807, 2.05) is 11.8 Å². The lowest BCUT2D eigenvalue weighted by Gasteiger charge is -2.29. The molecule has 1 aliphatic carbocycles. The molecule has 1 fully saturated rings. The summed E-state index contributed by atoms with van der Waals surface area (Å²) in [7, 11) is 0. The maximum atomic E-state index is 12.8. The molecule has 0 aliphatic heterocycles. The third kappa shape index (κ3) is 4.48. The van der Waals surface area contributed by atoms with Gasteiger partial charge in [-0.1, -0.05) is 12.1 Å². The Hall–Kier alpha value is -0.580. The number of nitrogens with one attached hydrogen (secondary N) is 1. The van der Waals surface area contributed by atoms with Crippen LogP contribution in [0.15, 0.2) is 24.3 Å². The van der Waals surface area contributed by atoms with Crippen LogP contribution in [0.25, 0.3) is 0 Å². The molecule has 1 saturated carbocycles. The van der Waals surface area contributed by atoms with Gasteiger partial charge in [0, 0.05) is 17.8 Å². The normalized spacial score (nSPS) is 25.2. The van der Waals surface area contributed by atoms with Crippen LogP contribution in [0.2, 0.25) is 0 Å². The van der Waals surface area contributed by atoms with Crippen molar-refractivity contribution >= 4 is 11.8 Å². The van der Waals surface area contributed by atoms with Crippen LogP contribution in [0.5, 0.6) is 0 Å². The van der Waals surface area contributed by atoms with Crippen molar-refractivity contribution in [2.75, 3.05) is 12.8 Å². The van der Waals surface area contributed by atoms with Gasteiger partial charge < -0.3 is 10.4 Å². The van der Waals surface area contributed by atoms with Crippen molar-refractivity contribution in [3.8, 4) is 0 Å². The monoisotopic (exact) mass is 283 g/mol. The topological polar surface area (TPSA) is 32.3 Å². The van der Waals surface area contributed by atoms with Crippen molar-refractivity contribution in [2.45, 2.75) is 43.1 Å². The Morgan fingerprint density at radius 1 is 1.26 bits per heavy atom. The van der Waals surface area contributed by atoms with E-state index in [0.717, 1.165) is 10.8 Å². The molecule has 1 atom stereocenters. The molecule has 1 aliphatic rings. The Kier molecular flexibility index (Phi) is 5.67. The molecular formula is C15H22FNOS. The third-order valence-electron chi connectivity index (χ3n) is 3.86. The third-order valence-corrected chi connectivity index (χ3v) is 5.00. The van der Waals surface area contributed by atoms with E-state index >= 15 is 0 Å². The zero-order valence-electron chi connectivity index (χ0n) is 11.3. The lowest BCUT2D eigenvalue weighted by molar-refractivity contribution is 0.166. The molecule has 1 unspecified atom stereocenters. The SMILES string of the molecule is CSC1CCC(NCC(O)c2ccc(F)cc2)CC1. The first-order chi connectivity index (χ1) is 9.19. The van der Waals surface area contributed by atoms with E-state index in [-0.39, 0.29) is 5.82 Å². The Balaban J connectivity index is 1.75. The molecule has 0 radical (unpaired) electrons. The number of hydrogen-bond acceptors (Lipinski definition) is 3. The van der Waals surface area contributed by atoms with Crippen molar-refractivity contribution in [3.63, 3.8) is 0 Å². The molecule has 0 heterocycles. The second-order valence-electron chi connectivity index (χ2n) is 5.18. The molecule has 19 heavy (non-hydrogen) atoms. The van der Waals surface area contributed by atoms with Gasteiger partial charge in [-0.25, -0.2) is 4.39 Å². The highest BCUT2D eigenvalue weighted by Crippen LogP contribution is 2.27. The van der Waals surface area contributed by atoms with Crippen LogP contribution in [-0.4, -0.2) is 29.2 Å². The average Bonchev–Trinajstić information content (AvgIpc) is 2.46. The zero-order valence-corrected chi connectivity index (χ0v) is 12.1. The summed E-state index contributed by atoms with van der Waals surface area (Å²) in [6, 6.07) is 6.58. The predicted octanol–water partition coefficient (Wildman–Crippen LogP) is 3.12. The van der Waals surface area contributed by atoms with E-state index in [9.17, 15) is 9.50 Å². The Morgan fingerprint density at radius 3 is 2.47 bits per heavy atom. The fraction of sp³-hybridized carbons (Fsp3) is 0.600. The second-order valence-corrected chi connectivity index (χ2v) is 6.32. The molecule has 0 saturated heterocycles. The number of thioether (sulfide) groups is 1. The summed E-state index contributed by atoms with van der Waals surface area (Å²) in [5.41, 5.74) is 0.770. The average molecular weight is 283 g/mol. The van der Waals surface area contributed by atoms with Gasteiger partial charge in [0.2, 0.25) is 0 Å². The lowest BCUT2D eigenvalue weighted by Crippen LogP contribution is -2.36. The Labute approximate surface area is 118 Å². The van der Waals surface area contributed by atoms with Gasteiger partial charge in [-0.3, -0.25) is 0 Å². The van der Waals surface area contributed by atoms with Gasteiger partial charge in [-0.2, -0.15) is 11.8 Å². The second kappa shape index (κ2) is 7.27. The maximum Gasteiger partial charge on any atom is 0.123 e. The van der Waals surface area contributed by atoms with Gasteiger partial charge in [0.1, 0.15) is 5.82 Å². The molecular weight excluding hydrogens is 261 g/mol. The van der Waals surface area contributed by atoms with Gasteiger partial charge in [0.25, 0.3) is 0 Å². The van der Waals surface area contributed by atoms with Crippen molar-refractivity contribution in [2.24, 2.45) is 0 Å². The molecule has 2 nitrogen and oxygen atoms in total. The summed E-state index contributed by atoms with van der Waals surface area (Å²) >= 11 is 1.96. The molecule has 2 rings (SSSR count). The van der Waals surface area contributed by atoms with Gasteiger partial charge in [0.05, 0.1) is 6.10 Å². The van der Waals surface area contributed by atoms with Crippen molar-refractivity contribution in [3.05, 3.63) is 35.6 Å². The summed E-state index contributed by atoms with van der Waals surface area (Å²) < 4.78 is 12.8. The van der Waals surface area contributed by atoms with Crippen LogP contribution >= 0.6 is 11.8 Å². The quantitative estimate of drug-likeness (QED) is 0.871. The Bertz CT molecular complexity index is 376. The lowest BCUT2D eigenvalue weighted by atomic mass is 9.94. The molecule has 0 spiro atoms. The van der Waals surface area contributed by atoms with E-state index in [4.69, 9.17) is 0 Å². The van der Waals surface area contributed by atoms with Crippen molar-refractivity contribution in [1.82, 2.24) is 5.32 Å². The van der Waals surface area contributed by atoms with E-state index < -0.39 is 6.10 Å². The standard InChI is InChI=1S/C15H22FNOS/c1-19-14-8-6-13(7-9-14)17-10-15(18)11-2-4-12(16)5-3-11/h2-5,13-15,17-18H,6-10H2,1H3. The molecule has 0 aromatic heterocycles. The highest BCUT2D eigenvalue weighted by Gasteiger charge is 2.20. The fourth-order valence-corrected chi connectivity index (χ4v) is 3.33. The molecule has 1 aromatic rings. The summed E-state index contributed by atoms with van der Waals surface area (Å²) in [6.07, 6.45) is 6.50. The van der Waals surface area contributed by atoms with E-state index in [1.165, 1.54) is 37.8 Å². The first kappa shape index (κ1) is 14.8. The fourth-order valence-electron chi connectivity index (χ4n) is 2.58. The van der Waals surface area contributed by atoms with Gasteiger partial charge in [-0.05, 0) is 49.6 Å². The van der Waals surface area contributed by atoms with Crippen LogP contribution in [0.4, 0.5) is 4.39 Å². The van der Waals surface area contributed by atoms with Crippen LogP contribution in [-0.2, 0) is 0 Å². The number of aliphatic hydroxyl groups excluding tert-OH is 1. The molecule has 4 heteroatoms. The minimum absolute atomic E-state index is 0.265. The molecule has 2 N–H and O–H groups in total. The minimum Gasteiger partial charge on any atom is -0.387 e. The molecule has 0 amide bonds. The summed E-state index contributed by atoms with van der Waals surface area (Å²) in [5.74, 6) is -0.265. The van der Waals surface area contributed by atoms with Crippen LogP contribution in [0.1, 0.15) is 37.4 Å². The van der Waals surface area contributed by atoms with Crippen molar-refractivity contribution < 1.29 is 9.50 Å². The summed E-state index contributed by atoms with van der Waals surface area (Å²) in [6.45, 7) is 0.542. The first-order valence-corrected chi connectivity index (χ1v) is 8.17. The minimum atomic E-state index is -0.557. The smallest absolute Gasteiger partial charge is 0.123 e. The predicted molar refractivity (Wildman–Crippen MR) is 78.9 cm³/mol. The largest absolute Gasteiger partial charge is 0.387 e. The number of rotatable bonds is 5. The van der Waals surface area contributed by atoms with Gasteiger partial charge in [0.15, 0.2) is 0 Å². The van der Waals surface area contributed by atoms with Gasteiger partial charge >= 0.3 is 0 Å². The van der Waals surface area contributed by atoms with Crippen LogP contribution in [0, 0.1) is 5.82 Å². The molecule has 0 bridgehead atoms. The number of benzene rings is 1. The van der Waals surface area contributed by atoms with Crippen LogP contribution < -0.4 is 5.32 Å². The van der Waals surface area contributed by atoms with Crippen LogP contribution in [0.3, 0.4) is 0 Å². The molecule has 1 aromatic carbocycles. The molecule has 106 valence electrons. The zero-order chi connectivity index (χ0) is 13.7. The van der Waals surface area contributed by atoms with E-state index in [2.05, 4.69) is 11.6 Å². The Morgan fingerprint density at radius 2 is 1.89 bits per heavy atom. The highest BCUT2D eigenvalue weighted by atomic mass is 32.2. The first-order valence-electron chi connectivity index (χ1n) is 6.88. The number of hydrogen-bond donors (Lipinski definition) is 2. The maximum absolute atomic E-state index is 12.8. The van der Waals surface area contributed by atoms with Crippen molar-refractivity contribution in [1.29, 1.82) is 0 Å². The highest BCUT2D eigenvalue weighted by molar-refractivity contribution is 7.99. The van der Waals surface area contributed by atoms with E-state index in [0.29, 0.717) is 12.6 Å². The van der Waals surface area contributed by atoms with Gasteiger partial charge in [-0.15, -0.1) is 0 Å². The summed E-state index contributed by atoms with van der Waals surface area (Å²) in [5, 5.41) is 14.3. The number of halogens is 1.